The molecule has 9 heteroatoms. The molecule has 2 amide bonds. The van der Waals surface area contributed by atoms with Crippen LogP contribution in [-0.4, -0.2) is 57.4 Å². The maximum absolute atomic E-state index is 14.2. The van der Waals surface area contributed by atoms with Gasteiger partial charge < -0.3 is 19.9 Å². The predicted octanol–water partition coefficient (Wildman–Crippen LogP) is 3.21. The molecule has 0 bridgehead atoms. The summed E-state index contributed by atoms with van der Waals surface area (Å²) in [6.45, 7) is 5.04. The van der Waals surface area contributed by atoms with E-state index in [0.29, 0.717) is 71.3 Å². The number of aromatic amines is 1. The first-order valence-corrected chi connectivity index (χ1v) is 11.2. The van der Waals surface area contributed by atoms with Crippen LogP contribution in [0.15, 0.2) is 24.5 Å². The highest BCUT2D eigenvalue weighted by Crippen LogP contribution is 2.36. The normalized spacial score (nSPS) is 18.0. The average molecular weight is 452 g/mol. The fourth-order valence-electron chi connectivity index (χ4n) is 4.33. The lowest BCUT2D eigenvalue weighted by molar-refractivity contribution is -0.127. The zero-order valence-corrected chi connectivity index (χ0v) is 18.7. The van der Waals surface area contributed by atoms with E-state index in [1.165, 1.54) is 25.4 Å². The third-order valence-corrected chi connectivity index (χ3v) is 6.34. The lowest BCUT2D eigenvalue weighted by Crippen LogP contribution is -2.38. The fourth-order valence-corrected chi connectivity index (χ4v) is 4.33. The summed E-state index contributed by atoms with van der Waals surface area (Å²) >= 11 is 0. The second-order valence-corrected chi connectivity index (χ2v) is 8.89. The standard InChI is InChI=1S/C24H26FN5O3/c1-13-20(24(32)29-17-7-8-30(10-17)14(2)31)22-23(28-13)21(26-12-27-22)18-9-16(25)5-6-19(18)33-11-15-3-4-15/h5-6,9,12,15,17,28H,3-4,7-8,10-11H2,1-2H3,(H,29,32)/t17-/m1/s1. The zero-order valence-electron chi connectivity index (χ0n) is 18.7. The van der Waals surface area contributed by atoms with Crippen LogP contribution in [0, 0.1) is 18.7 Å². The van der Waals surface area contributed by atoms with Crippen molar-refractivity contribution >= 4 is 22.8 Å². The van der Waals surface area contributed by atoms with Gasteiger partial charge in [-0.25, -0.2) is 14.4 Å². The third kappa shape index (κ3) is 4.27. The maximum atomic E-state index is 14.2. The topological polar surface area (TPSA) is 100 Å². The number of aromatic nitrogens is 3. The lowest BCUT2D eigenvalue weighted by atomic mass is 10.1. The monoisotopic (exact) mass is 451 g/mol. The van der Waals surface area contributed by atoms with Crippen LogP contribution in [0.25, 0.3) is 22.3 Å². The number of amides is 2. The Morgan fingerprint density at radius 1 is 1.27 bits per heavy atom. The summed E-state index contributed by atoms with van der Waals surface area (Å²) in [7, 11) is 0. The Balaban J connectivity index is 1.47. The third-order valence-electron chi connectivity index (χ3n) is 6.34. The number of benzene rings is 1. The number of fused-ring (bicyclic) bond motifs is 1. The minimum Gasteiger partial charge on any atom is -0.493 e. The van der Waals surface area contributed by atoms with Crippen molar-refractivity contribution in [1.82, 2.24) is 25.2 Å². The molecule has 1 aliphatic carbocycles. The van der Waals surface area contributed by atoms with Gasteiger partial charge in [0.25, 0.3) is 5.91 Å². The van der Waals surface area contributed by atoms with Crippen molar-refractivity contribution in [3.8, 4) is 17.0 Å². The molecule has 0 radical (unpaired) electrons. The Labute approximate surface area is 190 Å². The molecule has 1 atom stereocenters. The summed E-state index contributed by atoms with van der Waals surface area (Å²) < 4.78 is 20.1. The fraction of sp³-hybridized carbons (Fsp3) is 0.417. The quantitative estimate of drug-likeness (QED) is 0.600. The van der Waals surface area contributed by atoms with Crippen molar-refractivity contribution in [2.45, 2.75) is 39.2 Å². The van der Waals surface area contributed by atoms with Gasteiger partial charge in [0.2, 0.25) is 5.91 Å². The van der Waals surface area contributed by atoms with E-state index >= 15 is 0 Å². The highest BCUT2D eigenvalue weighted by molar-refractivity contribution is 6.09. The first kappa shape index (κ1) is 21.4. The predicted molar refractivity (Wildman–Crippen MR) is 120 cm³/mol. The number of nitrogens with zero attached hydrogens (tertiary/aromatic N) is 3. The summed E-state index contributed by atoms with van der Waals surface area (Å²) in [4.78, 5) is 38.5. The van der Waals surface area contributed by atoms with Gasteiger partial charge in [-0.05, 0) is 50.3 Å². The molecule has 172 valence electrons. The highest BCUT2D eigenvalue weighted by Gasteiger charge is 2.28. The van der Waals surface area contributed by atoms with Crippen LogP contribution >= 0.6 is 0 Å². The molecule has 2 aliphatic rings. The van der Waals surface area contributed by atoms with Crippen molar-refractivity contribution in [3.63, 3.8) is 0 Å². The molecule has 1 saturated heterocycles. The van der Waals surface area contributed by atoms with Gasteiger partial charge in [0.05, 0.1) is 17.7 Å². The van der Waals surface area contributed by atoms with E-state index in [9.17, 15) is 14.0 Å². The summed E-state index contributed by atoms with van der Waals surface area (Å²) in [6, 6.07) is 4.27. The molecule has 0 spiro atoms. The molecule has 1 saturated carbocycles. The van der Waals surface area contributed by atoms with E-state index in [4.69, 9.17) is 4.74 Å². The van der Waals surface area contributed by atoms with Gasteiger partial charge >= 0.3 is 0 Å². The number of ether oxygens (including phenoxy) is 1. The smallest absolute Gasteiger partial charge is 0.255 e. The summed E-state index contributed by atoms with van der Waals surface area (Å²) in [5.74, 6) is 0.446. The number of nitrogens with one attached hydrogen (secondary N) is 2. The molecule has 2 aromatic heterocycles. The van der Waals surface area contributed by atoms with Crippen LogP contribution in [0.5, 0.6) is 5.75 Å². The van der Waals surface area contributed by atoms with Crippen LogP contribution in [0.4, 0.5) is 4.39 Å². The summed E-state index contributed by atoms with van der Waals surface area (Å²) in [6.07, 6.45) is 4.38. The minimum atomic E-state index is -0.395. The summed E-state index contributed by atoms with van der Waals surface area (Å²) in [5, 5.41) is 3.02. The first-order chi connectivity index (χ1) is 15.9. The van der Waals surface area contributed by atoms with Crippen molar-refractivity contribution in [3.05, 3.63) is 41.6 Å². The molecular formula is C24H26FN5O3. The Bertz CT molecular complexity index is 1240. The summed E-state index contributed by atoms with van der Waals surface area (Å²) in [5.41, 5.74) is 3.09. The minimum absolute atomic E-state index is 0.00204. The average Bonchev–Trinajstić information content (AvgIpc) is 3.38. The van der Waals surface area contributed by atoms with Crippen LogP contribution in [0.3, 0.4) is 0 Å². The number of rotatable bonds is 6. The largest absolute Gasteiger partial charge is 0.493 e. The van der Waals surface area contributed by atoms with Crippen molar-refractivity contribution < 1.29 is 18.7 Å². The number of carbonyl (C=O) groups excluding carboxylic acids is 2. The number of likely N-dealkylation sites (tertiary alicyclic amines) is 1. The SMILES string of the molecule is CC(=O)N1CC[C@@H](NC(=O)c2c(C)[nH]c3c(-c4cc(F)ccc4OCC4CC4)ncnc23)C1. The molecule has 3 heterocycles. The molecule has 0 unspecified atom stereocenters. The van der Waals surface area contributed by atoms with E-state index in [0.717, 1.165) is 12.8 Å². The molecule has 2 fully saturated rings. The van der Waals surface area contributed by atoms with E-state index < -0.39 is 5.82 Å². The Morgan fingerprint density at radius 3 is 2.82 bits per heavy atom. The van der Waals surface area contributed by atoms with Gasteiger partial charge in [-0.1, -0.05) is 0 Å². The molecule has 5 rings (SSSR count). The highest BCUT2D eigenvalue weighted by atomic mass is 19.1. The Kier molecular flexibility index (Phi) is 5.47. The van der Waals surface area contributed by atoms with Crippen molar-refractivity contribution in [2.75, 3.05) is 19.7 Å². The Morgan fingerprint density at radius 2 is 2.09 bits per heavy atom. The van der Waals surface area contributed by atoms with Gasteiger partial charge in [0.15, 0.2) is 0 Å². The van der Waals surface area contributed by atoms with E-state index in [1.54, 1.807) is 17.9 Å². The van der Waals surface area contributed by atoms with Gasteiger partial charge in [-0.15, -0.1) is 0 Å². The van der Waals surface area contributed by atoms with Crippen LogP contribution in [0.1, 0.15) is 42.2 Å². The van der Waals surface area contributed by atoms with Gasteiger partial charge in [-0.2, -0.15) is 0 Å². The second-order valence-electron chi connectivity index (χ2n) is 8.89. The number of carbonyl (C=O) groups is 2. The number of halogens is 1. The van der Waals surface area contributed by atoms with Crippen molar-refractivity contribution in [1.29, 1.82) is 0 Å². The maximum Gasteiger partial charge on any atom is 0.255 e. The van der Waals surface area contributed by atoms with Gasteiger partial charge in [-0.3, -0.25) is 9.59 Å². The molecule has 8 nitrogen and oxygen atoms in total. The second kappa shape index (κ2) is 8.46. The molecule has 1 aromatic carbocycles. The molecule has 1 aliphatic heterocycles. The number of aryl methyl sites for hydroxylation is 1. The van der Waals surface area contributed by atoms with E-state index in [1.807, 2.05) is 0 Å². The van der Waals surface area contributed by atoms with Crippen LogP contribution in [0.2, 0.25) is 0 Å². The van der Waals surface area contributed by atoms with Gasteiger partial charge in [0.1, 0.15) is 29.1 Å². The van der Waals surface area contributed by atoms with Gasteiger partial charge in [0, 0.05) is 37.3 Å². The van der Waals surface area contributed by atoms with E-state index in [2.05, 4.69) is 20.3 Å². The first-order valence-electron chi connectivity index (χ1n) is 11.2. The van der Waals surface area contributed by atoms with E-state index in [-0.39, 0.29) is 17.9 Å². The molecule has 33 heavy (non-hydrogen) atoms. The number of hydrogen-bond donors (Lipinski definition) is 2. The van der Waals surface area contributed by atoms with Crippen molar-refractivity contribution in [2.24, 2.45) is 5.92 Å². The molecule has 2 N–H and O–H groups in total. The lowest BCUT2D eigenvalue weighted by Gasteiger charge is -2.15. The number of hydrogen-bond acceptors (Lipinski definition) is 5. The molecule has 3 aromatic rings. The molecular weight excluding hydrogens is 425 g/mol. The van der Waals surface area contributed by atoms with Crippen LogP contribution < -0.4 is 10.1 Å². The number of H-pyrrole nitrogens is 1. The van der Waals surface area contributed by atoms with Crippen LogP contribution in [-0.2, 0) is 4.79 Å². The zero-order chi connectivity index (χ0) is 23.1. The Hall–Kier alpha value is -3.49.